The van der Waals surface area contributed by atoms with Crippen LogP contribution in [0.15, 0.2) is 81.2 Å². The fourth-order valence-electron chi connectivity index (χ4n) is 3.78. The number of aryl methyl sites for hydroxylation is 1. The maximum absolute atomic E-state index is 6.47. The highest BCUT2D eigenvalue weighted by atomic mass is 32.2. The minimum absolute atomic E-state index is 0.923. The van der Waals surface area contributed by atoms with E-state index in [0.717, 1.165) is 39.6 Å². The van der Waals surface area contributed by atoms with Gasteiger partial charge in [-0.1, -0.05) is 67.6 Å². The SMILES string of the molecule is CCSCCp1oc2ccc3ccccc3c2c2c(ccc3ccccc32)o1. The van der Waals surface area contributed by atoms with Crippen LogP contribution in [0.4, 0.5) is 0 Å². The average molecular weight is 404 g/mol. The van der Waals surface area contributed by atoms with Crippen molar-refractivity contribution in [2.24, 2.45) is 0 Å². The second-order valence-electron chi connectivity index (χ2n) is 6.76. The highest BCUT2D eigenvalue weighted by Gasteiger charge is 2.12. The molecule has 140 valence electrons. The van der Waals surface area contributed by atoms with E-state index in [-0.39, 0.29) is 0 Å². The van der Waals surface area contributed by atoms with Crippen LogP contribution >= 0.6 is 19.8 Å². The number of benzene rings is 4. The lowest BCUT2D eigenvalue weighted by Crippen LogP contribution is -1.79. The van der Waals surface area contributed by atoms with Crippen LogP contribution in [0.2, 0.25) is 0 Å². The van der Waals surface area contributed by atoms with Gasteiger partial charge in [-0.25, -0.2) is 0 Å². The Morgan fingerprint density at radius 1 is 0.714 bits per heavy atom. The van der Waals surface area contributed by atoms with E-state index in [2.05, 4.69) is 79.7 Å². The van der Waals surface area contributed by atoms with Gasteiger partial charge in [-0.3, -0.25) is 0 Å². The zero-order valence-corrected chi connectivity index (χ0v) is 17.4. The summed E-state index contributed by atoms with van der Waals surface area (Å²) in [4.78, 5) is 0. The largest absolute Gasteiger partial charge is 0.419 e. The maximum Gasteiger partial charge on any atom is 0.217 e. The summed E-state index contributed by atoms with van der Waals surface area (Å²) < 4.78 is 12.9. The molecule has 0 unspecified atom stereocenters. The van der Waals surface area contributed by atoms with E-state index in [1.54, 1.807) is 0 Å². The number of thioether (sulfide) groups is 1. The molecule has 0 saturated carbocycles. The van der Waals surface area contributed by atoms with Crippen molar-refractivity contribution in [3.05, 3.63) is 72.8 Å². The molecule has 5 aromatic rings. The van der Waals surface area contributed by atoms with Crippen LogP contribution in [0.25, 0.3) is 43.5 Å². The first kappa shape index (κ1) is 17.7. The Morgan fingerprint density at radius 2 is 1.25 bits per heavy atom. The topological polar surface area (TPSA) is 26.3 Å². The molecule has 0 amide bonds. The predicted octanol–water partition coefficient (Wildman–Crippen LogP) is 8.35. The molecule has 2 nitrogen and oxygen atoms in total. The smallest absolute Gasteiger partial charge is 0.217 e. The van der Waals surface area contributed by atoms with Gasteiger partial charge in [0.1, 0.15) is 11.2 Å². The average Bonchev–Trinajstić information content (AvgIpc) is 2.90. The summed E-state index contributed by atoms with van der Waals surface area (Å²) in [5.41, 5.74) is 1.86. The molecule has 1 aromatic heterocycles. The third kappa shape index (κ3) is 3.09. The minimum atomic E-state index is -1.01. The molecule has 0 fully saturated rings. The summed E-state index contributed by atoms with van der Waals surface area (Å²) in [6.07, 6.45) is 0.923. The Kier molecular flexibility index (Phi) is 4.80. The van der Waals surface area contributed by atoms with Crippen LogP contribution in [0, 0.1) is 0 Å². The van der Waals surface area contributed by atoms with Gasteiger partial charge >= 0.3 is 0 Å². The number of hydrogen-bond donors (Lipinski definition) is 0. The number of fused-ring (bicyclic) bond motifs is 7. The standard InChI is InChI=1S/C24H21O2PS/c1-2-28-16-15-27-25-21-13-11-17-7-3-5-9-19(17)23(21)24-20-10-6-4-8-18(20)12-14-22(24)26-27/h3-14H,2,15-16H2,1H3. The molecule has 0 aliphatic rings. The highest BCUT2D eigenvalue weighted by molar-refractivity contribution is 7.99. The zero-order chi connectivity index (χ0) is 18.9. The summed E-state index contributed by atoms with van der Waals surface area (Å²) >= 11 is 1.93. The van der Waals surface area contributed by atoms with Gasteiger partial charge in [-0.2, -0.15) is 11.8 Å². The highest BCUT2D eigenvalue weighted by Crippen LogP contribution is 2.41. The summed E-state index contributed by atoms with van der Waals surface area (Å²) in [6.45, 7) is 2.19. The van der Waals surface area contributed by atoms with Gasteiger partial charge < -0.3 is 8.39 Å². The second kappa shape index (κ2) is 7.58. The van der Waals surface area contributed by atoms with Crippen LogP contribution in [-0.2, 0) is 6.16 Å². The van der Waals surface area contributed by atoms with Crippen molar-refractivity contribution < 1.29 is 8.39 Å². The molecular weight excluding hydrogens is 383 g/mol. The van der Waals surface area contributed by atoms with E-state index in [1.165, 1.54) is 21.5 Å². The Bertz CT molecular complexity index is 1240. The predicted molar refractivity (Wildman–Crippen MR) is 124 cm³/mol. The lowest BCUT2D eigenvalue weighted by atomic mass is 9.99. The Labute approximate surface area is 169 Å². The van der Waals surface area contributed by atoms with Crippen molar-refractivity contribution in [2.75, 3.05) is 11.5 Å². The molecule has 0 aliphatic carbocycles. The van der Waals surface area contributed by atoms with E-state index >= 15 is 0 Å². The molecule has 4 aromatic carbocycles. The maximum atomic E-state index is 6.47. The van der Waals surface area contributed by atoms with Crippen LogP contribution < -0.4 is 0 Å². The monoisotopic (exact) mass is 404 g/mol. The third-order valence-electron chi connectivity index (χ3n) is 5.05. The summed E-state index contributed by atoms with van der Waals surface area (Å²) in [5.74, 6) is 2.17. The van der Waals surface area contributed by atoms with Gasteiger partial charge in [0.15, 0.2) is 0 Å². The first-order valence-corrected chi connectivity index (χ1v) is 12.1. The molecule has 0 aliphatic heterocycles. The van der Waals surface area contributed by atoms with Crippen molar-refractivity contribution in [1.82, 2.24) is 0 Å². The van der Waals surface area contributed by atoms with Crippen molar-refractivity contribution >= 4 is 63.3 Å². The number of rotatable bonds is 4. The second-order valence-corrected chi connectivity index (χ2v) is 9.63. The lowest BCUT2D eigenvalue weighted by molar-refractivity contribution is 0.637. The van der Waals surface area contributed by atoms with Crippen LogP contribution in [0.1, 0.15) is 6.92 Å². The van der Waals surface area contributed by atoms with Gasteiger partial charge in [-0.15, -0.1) is 0 Å². The molecule has 0 saturated heterocycles. The molecule has 0 atom stereocenters. The molecule has 0 bridgehead atoms. The van der Waals surface area contributed by atoms with Crippen molar-refractivity contribution in [3.8, 4) is 0 Å². The van der Waals surface area contributed by atoms with Gasteiger partial charge in [0.25, 0.3) is 0 Å². The zero-order valence-electron chi connectivity index (χ0n) is 15.7. The molecule has 4 heteroatoms. The van der Waals surface area contributed by atoms with Gasteiger partial charge in [0.05, 0.1) is 6.16 Å². The summed E-state index contributed by atoms with van der Waals surface area (Å²) in [7, 11) is -1.01. The van der Waals surface area contributed by atoms with Gasteiger partial charge in [0, 0.05) is 16.5 Å². The Balaban J connectivity index is 1.98. The first-order valence-electron chi connectivity index (χ1n) is 9.60. The van der Waals surface area contributed by atoms with Gasteiger partial charge in [0.2, 0.25) is 8.01 Å². The number of hydrogen-bond acceptors (Lipinski definition) is 3. The van der Waals surface area contributed by atoms with E-state index in [4.69, 9.17) is 8.39 Å². The fourth-order valence-corrected chi connectivity index (χ4v) is 6.15. The summed E-state index contributed by atoms with van der Waals surface area (Å²) in [5, 5.41) is 7.16. The molecule has 28 heavy (non-hydrogen) atoms. The van der Waals surface area contributed by atoms with E-state index in [1.807, 2.05) is 11.8 Å². The quantitative estimate of drug-likeness (QED) is 0.282. The summed E-state index contributed by atoms with van der Waals surface area (Å²) in [6, 6.07) is 25.6. The van der Waals surface area contributed by atoms with Gasteiger partial charge in [-0.05, 0) is 39.4 Å². The molecule has 0 spiro atoms. The lowest BCUT2D eigenvalue weighted by Gasteiger charge is -2.05. The first-order chi connectivity index (χ1) is 13.8. The normalized spacial score (nSPS) is 11.6. The van der Waals surface area contributed by atoms with E-state index in [0.29, 0.717) is 0 Å². The molecule has 0 N–H and O–H groups in total. The van der Waals surface area contributed by atoms with Crippen molar-refractivity contribution in [2.45, 2.75) is 13.1 Å². The third-order valence-corrected chi connectivity index (χ3v) is 7.65. The van der Waals surface area contributed by atoms with Crippen molar-refractivity contribution in [1.29, 1.82) is 0 Å². The molecule has 5 rings (SSSR count). The van der Waals surface area contributed by atoms with Crippen LogP contribution in [-0.4, -0.2) is 11.5 Å². The van der Waals surface area contributed by atoms with Crippen LogP contribution in [0.5, 0.6) is 0 Å². The van der Waals surface area contributed by atoms with Crippen molar-refractivity contribution in [3.63, 3.8) is 0 Å². The molecule has 0 radical (unpaired) electrons. The van der Waals surface area contributed by atoms with E-state index < -0.39 is 8.01 Å². The van der Waals surface area contributed by atoms with Crippen LogP contribution in [0.3, 0.4) is 0 Å². The Hall–Kier alpha value is -2.35. The van der Waals surface area contributed by atoms with E-state index in [9.17, 15) is 0 Å². The molecule has 1 heterocycles. The fraction of sp³-hybridized carbons (Fsp3) is 0.167. The molecular formula is C24H21O2PS. The Morgan fingerprint density at radius 3 is 1.79 bits per heavy atom. The minimum Gasteiger partial charge on any atom is -0.419 e.